The van der Waals surface area contributed by atoms with E-state index in [4.69, 9.17) is 11.6 Å². The number of allylic oxidation sites excluding steroid dienone is 2. The number of carbonyl (C=O) groups is 3. The molecule has 1 atom stereocenters. The summed E-state index contributed by atoms with van der Waals surface area (Å²) in [5.41, 5.74) is -1.07. The van der Waals surface area contributed by atoms with Crippen molar-refractivity contribution in [2.45, 2.75) is 5.92 Å². The molecule has 2 aliphatic rings. The molecule has 9 nitrogen and oxygen atoms in total. The lowest BCUT2D eigenvalue weighted by Crippen LogP contribution is -2.14. The number of nitrogens with zero attached hydrogens (tertiary/aromatic N) is 2. The van der Waals surface area contributed by atoms with Crippen molar-refractivity contribution in [3.8, 4) is 0 Å². The van der Waals surface area contributed by atoms with Gasteiger partial charge >= 0.3 is 0 Å². The van der Waals surface area contributed by atoms with Crippen LogP contribution in [0.3, 0.4) is 0 Å². The minimum atomic E-state index is -1.42. The Morgan fingerprint density at radius 2 is 1.21 bits per heavy atom. The normalized spacial score (nSPS) is 16.6. The highest BCUT2D eigenvalue weighted by Crippen LogP contribution is 2.50. The lowest BCUT2D eigenvalue weighted by Gasteiger charge is -2.15. The van der Waals surface area contributed by atoms with Gasteiger partial charge in [0.2, 0.25) is 0 Å². The molecule has 0 saturated heterocycles. The first kappa shape index (κ1) is 21.4. The van der Waals surface area contributed by atoms with Gasteiger partial charge in [0, 0.05) is 22.3 Å². The van der Waals surface area contributed by atoms with Crippen LogP contribution in [0.25, 0.3) is 5.57 Å². The molecule has 166 valence electrons. The number of Topliss-reactive ketones (excluding diaryl/α,β-unsaturated/α-hetero) is 3. The number of fused-ring (bicyclic) bond motifs is 2. The minimum Gasteiger partial charge on any atom is -0.293 e. The van der Waals surface area contributed by atoms with E-state index in [1.165, 1.54) is 18.2 Å². The molecule has 0 aromatic heterocycles. The molecule has 0 heterocycles. The summed E-state index contributed by atoms with van der Waals surface area (Å²) in [6.07, 6.45) is 0. The Balaban J connectivity index is 1.85. The monoisotopic (exact) mass is 474 g/mol. The van der Waals surface area contributed by atoms with Gasteiger partial charge in [-0.15, -0.1) is 0 Å². The Kier molecular flexibility index (Phi) is 4.73. The number of nitro benzene ring substituents is 2. The number of hydrogen-bond acceptors (Lipinski definition) is 7. The van der Waals surface area contributed by atoms with Crippen molar-refractivity contribution in [1.29, 1.82) is 0 Å². The van der Waals surface area contributed by atoms with Gasteiger partial charge in [0.15, 0.2) is 17.3 Å². The molecule has 5 rings (SSSR count). The summed E-state index contributed by atoms with van der Waals surface area (Å²) in [6, 6.07) is 14.1. The maximum absolute atomic E-state index is 13.5. The zero-order valence-corrected chi connectivity index (χ0v) is 17.7. The molecule has 0 spiro atoms. The highest BCUT2D eigenvalue weighted by Gasteiger charge is 2.46. The van der Waals surface area contributed by atoms with E-state index in [0.29, 0.717) is 11.6 Å². The van der Waals surface area contributed by atoms with E-state index >= 15 is 0 Å². The van der Waals surface area contributed by atoms with Crippen molar-refractivity contribution in [1.82, 2.24) is 0 Å². The van der Waals surface area contributed by atoms with E-state index < -0.39 is 49.5 Å². The first-order chi connectivity index (χ1) is 16.2. The molecule has 34 heavy (non-hydrogen) atoms. The molecule has 0 amide bonds. The van der Waals surface area contributed by atoms with Gasteiger partial charge in [-0.25, -0.2) is 0 Å². The lowest BCUT2D eigenvalue weighted by molar-refractivity contribution is -0.394. The fourth-order valence-electron chi connectivity index (χ4n) is 4.54. The zero-order valence-electron chi connectivity index (χ0n) is 17.0. The molecule has 10 heteroatoms. The van der Waals surface area contributed by atoms with Gasteiger partial charge in [0.05, 0.1) is 27.4 Å². The summed E-state index contributed by atoms with van der Waals surface area (Å²) < 4.78 is 0. The molecule has 3 aromatic rings. The molecular weight excluding hydrogens is 464 g/mol. The second-order valence-corrected chi connectivity index (χ2v) is 8.12. The molecule has 3 aromatic carbocycles. The third-order valence-electron chi connectivity index (χ3n) is 5.97. The fraction of sp³-hybridized carbons (Fsp3) is 0.0417. The van der Waals surface area contributed by atoms with Gasteiger partial charge in [-0.2, -0.15) is 0 Å². The van der Waals surface area contributed by atoms with Crippen LogP contribution in [-0.4, -0.2) is 27.2 Å². The van der Waals surface area contributed by atoms with Crippen LogP contribution in [0.4, 0.5) is 11.4 Å². The minimum absolute atomic E-state index is 0.0276. The predicted octanol–water partition coefficient (Wildman–Crippen LogP) is 4.97. The van der Waals surface area contributed by atoms with Gasteiger partial charge in [0.25, 0.3) is 11.4 Å². The van der Waals surface area contributed by atoms with E-state index in [1.54, 1.807) is 30.3 Å². The molecule has 0 radical (unpaired) electrons. The van der Waals surface area contributed by atoms with E-state index in [9.17, 15) is 34.6 Å². The second-order valence-electron chi connectivity index (χ2n) is 7.71. The molecule has 0 fully saturated rings. The average molecular weight is 475 g/mol. The second kappa shape index (κ2) is 7.53. The maximum Gasteiger partial charge on any atom is 0.294 e. The third kappa shape index (κ3) is 2.91. The Labute approximate surface area is 195 Å². The summed E-state index contributed by atoms with van der Waals surface area (Å²) in [5, 5.41) is 22.7. The van der Waals surface area contributed by atoms with Crippen molar-refractivity contribution in [2.75, 3.05) is 0 Å². The van der Waals surface area contributed by atoms with E-state index in [-0.39, 0.29) is 33.4 Å². The quantitative estimate of drug-likeness (QED) is 0.226. The number of halogens is 1. The number of nitro groups is 2. The smallest absolute Gasteiger partial charge is 0.293 e. The zero-order chi connectivity index (χ0) is 24.3. The van der Waals surface area contributed by atoms with Crippen LogP contribution in [0.2, 0.25) is 5.02 Å². The van der Waals surface area contributed by atoms with E-state index in [0.717, 1.165) is 6.07 Å². The summed E-state index contributed by atoms with van der Waals surface area (Å²) in [4.78, 5) is 61.5. The molecule has 2 aliphatic carbocycles. The third-order valence-corrected chi connectivity index (χ3v) is 6.28. The average Bonchev–Trinajstić information content (AvgIpc) is 3.23. The van der Waals surface area contributed by atoms with Gasteiger partial charge in [-0.3, -0.25) is 34.6 Å². The number of benzene rings is 3. The van der Waals surface area contributed by atoms with Crippen LogP contribution in [0.1, 0.15) is 48.1 Å². The van der Waals surface area contributed by atoms with Gasteiger partial charge in [-0.1, -0.05) is 60.1 Å². The van der Waals surface area contributed by atoms with Crippen molar-refractivity contribution < 1.29 is 24.2 Å². The summed E-state index contributed by atoms with van der Waals surface area (Å²) >= 11 is 6.05. The van der Waals surface area contributed by atoms with Crippen LogP contribution >= 0.6 is 11.6 Å². The van der Waals surface area contributed by atoms with E-state index in [2.05, 4.69) is 0 Å². The Morgan fingerprint density at radius 1 is 0.706 bits per heavy atom. The summed E-state index contributed by atoms with van der Waals surface area (Å²) in [5.74, 6) is -3.20. The highest BCUT2D eigenvalue weighted by atomic mass is 35.5. The Morgan fingerprint density at radius 3 is 1.74 bits per heavy atom. The number of carbonyl (C=O) groups excluding carboxylic acids is 3. The molecule has 0 saturated carbocycles. The molecule has 0 aliphatic heterocycles. The predicted molar refractivity (Wildman–Crippen MR) is 120 cm³/mol. The van der Waals surface area contributed by atoms with Crippen molar-refractivity contribution in [3.05, 3.63) is 119 Å². The SMILES string of the molecule is O=C1C(=C2c3ccccc3C(=O)[C@@H]2c2cc(Cl)c([N+](=O)[O-])cc2[N+](=O)[O-])C(=O)c2ccccc21. The number of ketones is 3. The first-order valence-corrected chi connectivity index (χ1v) is 10.3. The van der Waals surface area contributed by atoms with Gasteiger partial charge in [0.1, 0.15) is 5.02 Å². The molecular formula is C24H11ClN2O7. The Hall–Kier alpha value is -4.50. The fourth-order valence-corrected chi connectivity index (χ4v) is 4.78. The van der Waals surface area contributed by atoms with Crippen LogP contribution in [0.15, 0.2) is 66.2 Å². The molecule has 0 unspecified atom stereocenters. The maximum atomic E-state index is 13.5. The molecule has 0 bridgehead atoms. The van der Waals surface area contributed by atoms with Crippen molar-refractivity contribution in [3.63, 3.8) is 0 Å². The Bertz CT molecular complexity index is 1500. The van der Waals surface area contributed by atoms with Crippen LogP contribution in [-0.2, 0) is 0 Å². The number of hydrogen-bond donors (Lipinski definition) is 0. The summed E-state index contributed by atoms with van der Waals surface area (Å²) in [7, 11) is 0. The lowest BCUT2D eigenvalue weighted by atomic mass is 9.85. The van der Waals surface area contributed by atoms with Crippen molar-refractivity contribution >= 4 is 45.9 Å². The van der Waals surface area contributed by atoms with Crippen LogP contribution < -0.4 is 0 Å². The van der Waals surface area contributed by atoms with E-state index in [1.807, 2.05) is 0 Å². The topological polar surface area (TPSA) is 137 Å². The number of rotatable bonds is 3. The van der Waals surface area contributed by atoms with Gasteiger partial charge < -0.3 is 0 Å². The van der Waals surface area contributed by atoms with Gasteiger partial charge in [-0.05, 0) is 17.2 Å². The van der Waals surface area contributed by atoms with Crippen LogP contribution in [0, 0.1) is 20.2 Å². The first-order valence-electron chi connectivity index (χ1n) is 9.90. The standard InChI is InChI=1S/C24H11ClN2O7/c25-16-9-15(17(26(31)32)10-18(16)27(33)34)20-19(11-5-1-2-6-12(11)22(20)28)21-23(29)13-7-3-4-8-14(13)24(21)30/h1-10,20H/t20-/m1/s1. The largest absolute Gasteiger partial charge is 0.294 e. The van der Waals surface area contributed by atoms with Crippen molar-refractivity contribution in [2.24, 2.45) is 0 Å². The molecule has 0 N–H and O–H groups in total. The summed E-state index contributed by atoms with van der Waals surface area (Å²) in [6.45, 7) is 0. The highest BCUT2D eigenvalue weighted by molar-refractivity contribution is 6.44. The van der Waals surface area contributed by atoms with Crippen LogP contribution in [0.5, 0.6) is 0 Å².